The third-order valence-corrected chi connectivity index (χ3v) is 12.0. The topological polar surface area (TPSA) is 8.17 Å². The zero-order valence-corrected chi connectivity index (χ0v) is 34.1. The van der Waals surface area contributed by atoms with Crippen LogP contribution in [0, 0.1) is 0 Å². The van der Waals surface area contributed by atoms with E-state index in [9.17, 15) is 0 Å². The van der Waals surface area contributed by atoms with Crippen molar-refractivity contribution in [3.05, 3.63) is 255 Å². The first-order chi connectivity index (χ1) is 30.7. The molecule has 1 aromatic heterocycles. The highest BCUT2D eigenvalue weighted by molar-refractivity contribution is 6.10. The van der Waals surface area contributed by atoms with Crippen LogP contribution in [0.3, 0.4) is 0 Å². The van der Waals surface area contributed by atoms with Crippen LogP contribution in [0.5, 0.6) is 0 Å². The number of benzene rings is 10. The molecule has 292 valence electrons. The van der Waals surface area contributed by atoms with Gasteiger partial charge in [0, 0.05) is 33.5 Å². The maximum Gasteiger partial charge on any atom is 0.0541 e. The Balaban J connectivity index is 0.897. The summed E-state index contributed by atoms with van der Waals surface area (Å²) in [5.41, 5.74) is 18.9. The van der Waals surface area contributed by atoms with Gasteiger partial charge in [0.1, 0.15) is 0 Å². The van der Waals surface area contributed by atoms with E-state index in [2.05, 4.69) is 264 Å². The molecule has 0 amide bonds. The molecule has 0 aliphatic rings. The molecule has 0 atom stereocenters. The molecule has 0 saturated heterocycles. The fourth-order valence-corrected chi connectivity index (χ4v) is 8.96. The van der Waals surface area contributed by atoms with Gasteiger partial charge in [-0.2, -0.15) is 0 Å². The lowest BCUT2D eigenvalue weighted by Gasteiger charge is -2.26. The minimum Gasteiger partial charge on any atom is -0.311 e. The van der Waals surface area contributed by atoms with E-state index in [-0.39, 0.29) is 0 Å². The summed E-state index contributed by atoms with van der Waals surface area (Å²) in [6.07, 6.45) is 0. The zero-order chi connectivity index (χ0) is 41.2. The minimum atomic E-state index is 1.11. The van der Waals surface area contributed by atoms with Crippen molar-refractivity contribution < 1.29 is 0 Å². The van der Waals surface area contributed by atoms with E-state index in [4.69, 9.17) is 0 Å². The summed E-state index contributed by atoms with van der Waals surface area (Å²) >= 11 is 0. The van der Waals surface area contributed by atoms with Crippen molar-refractivity contribution in [2.24, 2.45) is 0 Å². The molecular weight excluding hydrogens is 749 g/mol. The largest absolute Gasteiger partial charge is 0.311 e. The fourth-order valence-electron chi connectivity index (χ4n) is 8.96. The quantitative estimate of drug-likeness (QED) is 0.141. The molecule has 0 aliphatic heterocycles. The monoisotopic (exact) mass is 790 g/mol. The van der Waals surface area contributed by atoms with E-state index in [1.807, 2.05) is 0 Å². The van der Waals surface area contributed by atoms with Gasteiger partial charge in [0.15, 0.2) is 0 Å². The molecule has 0 saturated carbocycles. The Bertz CT molecular complexity index is 3290. The summed E-state index contributed by atoms with van der Waals surface area (Å²) in [6.45, 7) is 0. The predicted octanol–water partition coefficient (Wildman–Crippen LogP) is 16.6. The van der Waals surface area contributed by atoms with Crippen molar-refractivity contribution in [2.75, 3.05) is 4.90 Å². The van der Waals surface area contributed by atoms with Crippen LogP contribution in [0.2, 0.25) is 0 Å². The Morgan fingerprint density at radius 3 is 1.29 bits per heavy atom. The zero-order valence-electron chi connectivity index (χ0n) is 34.1. The Kier molecular flexibility index (Phi) is 9.57. The summed E-state index contributed by atoms with van der Waals surface area (Å²) < 4.78 is 2.40. The Morgan fingerprint density at radius 1 is 0.242 bits per heavy atom. The first-order valence-corrected chi connectivity index (χ1v) is 21.3. The van der Waals surface area contributed by atoms with Gasteiger partial charge in [-0.15, -0.1) is 0 Å². The molecule has 10 aromatic carbocycles. The van der Waals surface area contributed by atoms with Crippen LogP contribution < -0.4 is 4.90 Å². The molecule has 0 bridgehead atoms. The number of nitrogens with zero attached hydrogens (tertiary/aromatic N) is 2. The Hall–Kier alpha value is -8.20. The van der Waals surface area contributed by atoms with Crippen LogP contribution in [0.15, 0.2) is 255 Å². The van der Waals surface area contributed by atoms with E-state index in [1.165, 1.54) is 77.4 Å². The minimum absolute atomic E-state index is 1.11. The summed E-state index contributed by atoms with van der Waals surface area (Å²) in [4.78, 5) is 2.32. The molecule has 0 spiro atoms. The van der Waals surface area contributed by atoms with Crippen molar-refractivity contribution in [1.82, 2.24) is 4.57 Å². The lowest BCUT2D eigenvalue weighted by atomic mass is 9.93. The molecule has 62 heavy (non-hydrogen) atoms. The molecule has 11 aromatic rings. The van der Waals surface area contributed by atoms with Crippen LogP contribution in [0.1, 0.15) is 0 Å². The highest BCUT2D eigenvalue weighted by Crippen LogP contribution is 2.40. The van der Waals surface area contributed by atoms with E-state index >= 15 is 0 Å². The normalized spacial score (nSPS) is 11.2. The molecule has 0 N–H and O–H groups in total. The van der Waals surface area contributed by atoms with Crippen molar-refractivity contribution in [2.45, 2.75) is 0 Å². The smallest absolute Gasteiger partial charge is 0.0541 e. The average molecular weight is 791 g/mol. The van der Waals surface area contributed by atoms with Gasteiger partial charge in [-0.3, -0.25) is 0 Å². The third kappa shape index (κ3) is 6.94. The first kappa shape index (κ1) is 36.8. The number of aromatic nitrogens is 1. The number of rotatable bonds is 9. The van der Waals surface area contributed by atoms with E-state index in [0.717, 1.165) is 22.7 Å². The summed E-state index contributed by atoms with van der Waals surface area (Å²) in [6, 6.07) is 91.9. The second kappa shape index (κ2) is 16.1. The number of anilines is 3. The molecule has 1 heterocycles. The summed E-state index contributed by atoms with van der Waals surface area (Å²) in [7, 11) is 0. The van der Waals surface area contributed by atoms with Gasteiger partial charge >= 0.3 is 0 Å². The molecule has 0 fully saturated rings. The van der Waals surface area contributed by atoms with E-state index < -0.39 is 0 Å². The number of hydrogen-bond donors (Lipinski definition) is 0. The van der Waals surface area contributed by atoms with Gasteiger partial charge in [0.05, 0.1) is 11.0 Å². The first-order valence-electron chi connectivity index (χ1n) is 21.3. The fraction of sp³-hybridized carbons (Fsp3) is 0. The molecular formula is C60H42N2. The second-order valence-corrected chi connectivity index (χ2v) is 15.8. The number of fused-ring (bicyclic) bond motifs is 3. The van der Waals surface area contributed by atoms with Crippen LogP contribution in [0.4, 0.5) is 17.1 Å². The average Bonchev–Trinajstić information content (AvgIpc) is 3.69. The standard InChI is InChI=1S/C60H42N2/c1-4-15-43(16-5-1)45-31-36-52(37-32-45)61(51-20-8-3-9-21-51)53-38-33-48(34-39-53)56-24-11-10-23-55(56)47-29-27-46(28-30-47)50-35-40-60-58(42-50)57-25-12-13-26-59(57)62(60)54-22-14-19-49(41-54)44-17-6-2-7-18-44/h1-42H. The lowest BCUT2D eigenvalue weighted by Crippen LogP contribution is -2.09. The lowest BCUT2D eigenvalue weighted by molar-refractivity contribution is 1.18. The van der Waals surface area contributed by atoms with Gasteiger partial charge < -0.3 is 9.47 Å². The van der Waals surface area contributed by atoms with Crippen LogP contribution in [0.25, 0.3) is 83.1 Å². The Morgan fingerprint density at radius 2 is 0.645 bits per heavy atom. The van der Waals surface area contributed by atoms with Crippen LogP contribution in [-0.2, 0) is 0 Å². The highest BCUT2D eigenvalue weighted by atomic mass is 15.1. The van der Waals surface area contributed by atoms with Gasteiger partial charge in [-0.1, -0.05) is 188 Å². The molecule has 0 unspecified atom stereocenters. The van der Waals surface area contributed by atoms with Crippen LogP contribution in [-0.4, -0.2) is 4.57 Å². The van der Waals surface area contributed by atoms with Gasteiger partial charge in [0.2, 0.25) is 0 Å². The predicted molar refractivity (Wildman–Crippen MR) is 263 cm³/mol. The molecule has 2 heteroatoms. The second-order valence-electron chi connectivity index (χ2n) is 15.8. The van der Waals surface area contributed by atoms with Crippen molar-refractivity contribution in [3.63, 3.8) is 0 Å². The molecule has 0 aliphatic carbocycles. The molecule has 2 nitrogen and oxygen atoms in total. The molecule has 0 radical (unpaired) electrons. The maximum atomic E-state index is 2.40. The van der Waals surface area contributed by atoms with Crippen molar-refractivity contribution in [3.8, 4) is 61.3 Å². The van der Waals surface area contributed by atoms with E-state index in [1.54, 1.807) is 0 Å². The van der Waals surface area contributed by atoms with E-state index in [0.29, 0.717) is 0 Å². The highest BCUT2D eigenvalue weighted by Gasteiger charge is 2.16. The number of para-hydroxylation sites is 2. The maximum absolute atomic E-state index is 2.40. The van der Waals surface area contributed by atoms with Gasteiger partial charge in [-0.25, -0.2) is 0 Å². The Labute approximate surface area is 362 Å². The number of hydrogen-bond acceptors (Lipinski definition) is 1. The van der Waals surface area contributed by atoms with Gasteiger partial charge in [-0.05, 0) is 122 Å². The molecule has 11 rings (SSSR count). The third-order valence-electron chi connectivity index (χ3n) is 12.0. The SMILES string of the molecule is c1ccc(-c2ccc(N(c3ccccc3)c3ccc(-c4ccccc4-c4ccc(-c5ccc6c(c5)c5ccccc5n6-c5cccc(-c6ccccc6)c5)cc4)cc3)cc2)cc1. The summed E-state index contributed by atoms with van der Waals surface area (Å²) in [5.74, 6) is 0. The van der Waals surface area contributed by atoms with Gasteiger partial charge in [0.25, 0.3) is 0 Å². The summed E-state index contributed by atoms with van der Waals surface area (Å²) in [5, 5.41) is 2.50. The van der Waals surface area contributed by atoms with Crippen LogP contribution >= 0.6 is 0 Å². The van der Waals surface area contributed by atoms with Crippen molar-refractivity contribution in [1.29, 1.82) is 0 Å². The van der Waals surface area contributed by atoms with Crippen molar-refractivity contribution >= 4 is 38.9 Å².